The van der Waals surface area contributed by atoms with Gasteiger partial charge in [0.25, 0.3) is 5.91 Å². The summed E-state index contributed by atoms with van der Waals surface area (Å²) in [6, 6.07) is 8.38. The van der Waals surface area contributed by atoms with E-state index in [2.05, 4.69) is 24.0 Å². The summed E-state index contributed by atoms with van der Waals surface area (Å²) in [5, 5.41) is 0. The predicted octanol–water partition coefficient (Wildman–Crippen LogP) is 2.43. The van der Waals surface area contributed by atoms with E-state index >= 15 is 0 Å². The number of amides is 1. The van der Waals surface area contributed by atoms with Crippen LogP contribution in [0.4, 0.5) is 0 Å². The van der Waals surface area contributed by atoms with Gasteiger partial charge in [-0.3, -0.25) is 9.69 Å². The molecule has 0 bridgehead atoms. The molecule has 4 nitrogen and oxygen atoms in total. The van der Waals surface area contributed by atoms with E-state index in [9.17, 15) is 4.79 Å². The van der Waals surface area contributed by atoms with Crippen LogP contribution in [0.3, 0.4) is 0 Å². The number of piperidine rings is 1. The van der Waals surface area contributed by atoms with Crippen molar-refractivity contribution < 1.29 is 4.79 Å². The van der Waals surface area contributed by atoms with Crippen molar-refractivity contribution in [3.63, 3.8) is 0 Å². The van der Waals surface area contributed by atoms with Gasteiger partial charge in [-0.05, 0) is 36.5 Å². The summed E-state index contributed by atoms with van der Waals surface area (Å²) in [6.07, 6.45) is 2.10. The molecule has 3 rings (SSSR count). The molecule has 1 aromatic rings. The molecule has 2 atom stereocenters. The number of rotatable bonds is 4. The van der Waals surface area contributed by atoms with E-state index in [-0.39, 0.29) is 11.9 Å². The molecule has 2 fully saturated rings. The third-order valence-corrected chi connectivity index (χ3v) is 6.16. The fraction of sp³-hybridized carbons (Fsp3) is 0.632. The van der Waals surface area contributed by atoms with E-state index in [0.29, 0.717) is 12.5 Å². The topological polar surface area (TPSA) is 49.6 Å². The molecule has 0 spiro atoms. The van der Waals surface area contributed by atoms with Crippen LogP contribution in [0.1, 0.15) is 35.7 Å². The number of hydrogen-bond donors (Lipinski definition) is 1. The van der Waals surface area contributed by atoms with Crippen molar-refractivity contribution in [1.82, 2.24) is 9.80 Å². The van der Waals surface area contributed by atoms with Crippen LogP contribution in [-0.4, -0.2) is 59.4 Å². The number of nitrogens with two attached hydrogens (primary N) is 1. The minimum absolute atomic E-state index is 0.137. The standard InChI is InChI=1S/C19H29N3OS/c1-15-6-7-22(18(12-15)13-20)19(23)17-4-2-16(3-5-17)14-21-8-10-24-11-9-21/h2-5,15,18H,6-14,20H2,1H3. The molecule has 2 heterocycles. The molecule has 0 radical (unpaired) electrons. The molecule has 0 aliphatic carbocycles. The fourth-order valence-electron chi connectivity index (χ4n) is 3.68. The highest BCUT2D eigenvalue weighted by atomic mass is 32.2. The largest absolute Gasteiger partial charge is 0.334 e. The zero-order valence-electron chi connectivity index (χ0n) is 14.6. The van der Waals surface area contributed by atoms with Crippen molar-refractivity contribution in [3.8, 4) is 0 Å². The summed E-state index contributed by atoms with van der Waals surface area (Å²) >= 11 is 2.03. The maximum absolute atomic E-state index is 12.8. The summed E-state index contributed by atoms with van der Waals surface area (Å²) in [7, 11) is 0. The van der Waals surface area contributed by atoms with E-state index in [1.807, 2.05) is 28.8 Å². The summed E-state index contributed by atoms with van der Waals surface area (Å²) in [6.45, 7) is 6.95. The Bertz CT molecular complexity index is 542. The van der Waals surface area contributed by atoms with Crippen molar-refractivity contribution in [1.29, 1.82) is 0 Å². The maximum Gasteiger partial charge on any atom is 0.254 e. The molecule has 2 N–H and O–H groups in total. The highest BCUT2D eigenvalue weighted by molar-refractivity contribution is 7.99. The highest BCUT2D eigenvalue weighted by Crippen LogP contribution is 2.24. The van der Waals surface area contributed by atoms with Gasteiger partial charge in [-0.15, -0.1) is 0 Å². The van der Waals surface area contributed by atoms with Gasteiger partial charge in [0.2, 0.25) is 0 Å². The number of hydrogen-bond acceptors (Lipinski definition) is 4. The molecule has 0 aromatic heterocycles. The molecule has 24 heavy (non-hydrogen) atoms. The van der Waals surface area contributed by atoms with E-state index in [1.165, 1.54) is 17.1 Å². The lowest BCUT2D eigenvalue weighted by atomic mass is 9.92. The fourth-order valence-corrected chi connectivity index (χ4v) is 4.66. The van der Waals surface area contributed by atoms with E-state index in [0.717, 1.165) is 44.6 Å². The highest BCUT2D eigenvalue weighted by Gasteiger charge is 2.29. The van der Waals surface area contributed by atoms with Gasteiger partial charge in [-0.1, -0.05) is 19.1 Å². The van der Waals surface area contributed by atoms with Gasteiger partial charge < -0.3 is 10.6 Å². The van der Waals surface area contributed by atoms with Crippen LogP contribution in [0, 0.1) is 5.92 Å². The van der Waals surface area contributed by atoms with Gasteiger partial charge in [0.15, 0.2) is 0 Å². The molecular weight excluding hydrogens is 318 g/mol. The van der Waals surface area contributed by atoms with Crippen molar-refractivity contribution in [2.45, 2.75) is 32.4 Å². The zero-order valence-corrected chi connectivity index (χ0v) is 15.4. The van der Waals surface area contributed by atoms with E-state index < -0.39 is 0 Å². The number of likely N-dealkylation sites (tertiary alicyclic amines) is 1. The van der Waals surface area contributed by atoms with Gasteiger partial charge in [0.05, 0.1) is 0 Å². The van der Waals surface area contributed by atoms with Crippen molar-refractivity contribution in [2.75, 3.05) is 37.7 Å². The number of nitrogens with zero attached hydrogens (tertiary/aromatic N) is 2. The summed E-state index contributed by atoms with van der Waals surface area (Å²) in [5.41, 5.74) is 7.98. The second-order valence-electron chi connectivity index (χ2n) is 7.10. The second-order valence-corrected chi connectivity index (χ2v) is 8.33. The molecule has 1 aromatic carbocycles. The SMILES string of the molecule is CC1CCN(C(=O)c2ccc(CN3CCSCC3)cc2)C(CN)C1. The second kappa shape index (κ2) is 8.37. The molecule has 2 saturated heterocycles. The number of carbonyl (C=O) groups is 1. The van der Waals surface area contributed by atoms with Crippen LogP contribution < -0.4 is 5.73 Å². The average molecular weight is 348 g/mol. The lowest BCUT2D eigenvalue weighted by Crippen LogP contribution is -2.49. The van der Waals surface area contributed by atoms with E-state index in [1.54, 1.807) is 0 Å². The molecule has 0 saturated carbocycles. The Hall–Kier alpha value is -1.04. The van der Waals surface area contributed by atoms with Crippen LogP contribution in [0.5, 0.6) is 0 Å². The molecule has 5 heteroatoms. The molecule has 1 amide bonds. The molecule has 2 aliphatic heterocycles. The Balaban J connectivity index is 1.62. The Morgan fingerprint density at radius 2 is 1.92 bits per heavy atom. The summed E-state index contributed by atoms with van der Waals surface area (Å²) in [4.78, 5) is 17.3. The molecular formula is C19H29N3OS. The Labute approximate surface area is 149 Å². The lowest BCUT2D eigenvalue weighted by molar-refractivity contribution is 0.0573. The van der Waals surface area contributed by atoms with Gasteiger partial charge in [0, 0.05) is 55.8 Å². The summed E-state index contributed by atoms with van der Waals surface area (Å²) in [5.74, 6) is 3.25. The Morgan fingerprint density at radius 1 is 1.21 bits per heavy atom. The maximum atomic E-state index is 12.8. The monoisotopic (exact) mass is 347 g/mol. The van der Waals surface area contributed by atoms with Crippen LogP contribution in [0.2, 0.25) is 0 Å². The normalized spacial score (nSPS) is 25.7. The smallest absolute Gasteiger partial charge is 0.254 e. The number of carbonyl (C=O) groups excluding carboxylic acids is 1. The van der Waals surface area contributed by atoms with Gasteiger partial charge in [-0.25, -0.2) is 0 Å². The first-order valence-electron chi connectivity index (χ1n) is 9.07. The van der Waals surface area contributed by atoms with Crippen LogP contribution in [0.25, 0.3) is 0 Å². The third-order valence-electron chi connectivity index (χ3n) is 5.22. The lowest BCUT2D eigenvalue weighted by Gasteiger charge is -2.38. The van der Waals surface area contributed by atoms with Crippen LogP contribution >= 0.6 is 11.8 Å². The molecule has 132 valence electrons. The summed E-state index contributed by atoms with van der Waals surface area (Å²) < 4.78 is 0. The minimum atomic E-state index is 0.137. The quantitative estimate of drug-likeness (QED) is 0.909. The average Bonchev–Trinajstić information content (AvgIpc) is 2.62. The Kier molecular flexibility index (Phi) is 6.19. The van der Waals surface area contributed by atoms with Crippen LogP contribution in [-0.2, 0) is 6.54 Å². The van der Waals surface area contributed by atoms with Gasteiger partial charge in [-0.2, -0.15) is 11.8 Å². The van der Waals surface area contributed by atoms with Crippen molar-refractivity contribution in [3.05, 3.63) is 35.4 Å². The number of benzene rings is 1. The van der Waals surface area contributed by atoms with E-state index in [4.69, 9.17) is 5.73 Å². The predicted molar refractivity (Wildman–Crippen MR) is 101 cm³/mol. The van der Waals surface area contributed by atoms with Crippen LogP contribution in [0.15, 0.2) is 24.3 Å². The van der Waals surface area contributed by atoms with Gasteiger partial charge >= 0.3 is 0 Å². The zero-order chi connectivity index (χ0) is 16.9. The first-order chi connectivity index (χ1) is 11.7. The molecule has 2 aliphatic rings. The third kappa shape index (κ3) is 4.32. The Morgan fingerprint density at radius 3 is 2.58 bits per heavy atom. The van der Waals surface area contributed by atoms with Crippen molar-refractivity contribution >= 4 is 17.7 Å². The molecule has 2 unspecified atom stereocenters. The minimum Gasteiger partial charge on any atom is -0.334 e. The first-order valence-corrected chi connectivity index (χ1v) is 10.2. The van der Waals surface area contributed by atoms with Gasteiger partial charge in [0.1, 0.15) is 0 Å². The number of thioether (sulfide) groups is 1. The van der Waals surface area contributed by atoms with Crippen molar-refractivity contribution in [2.24, 2.45) is 11.7 Å². The first kappa shape index (κ1) is 17.8.